The van der Waals surface area contributed by atoms with E-state index in [1.165, 1.54) is 5.12 Å². The molecule has 0 bridgehead atoms. The first-order valence-electron chi connectivity index (χ1n) is 6.43. The Kier molecular flexibility index (Phi) is 2.64. The van der Waals surface area contributed by atoms with Crippen molar-refractivity contribution in [2.24, 2.45) is 15.1 Å². The lowest BCUT2D eigenvalue weighted by molar-refractivity contribution is 0.125. The van der Waals surface area contributed by atoms with Crippen molar-refractivity contribution in [1.82, 2.24) is 15.4 Å². The average Bonchev–Trinajstić information content (AvgIpc) is 3.21. The van der Waals surface area contributed by atoms with Crippen molar-refractivity contribution in [3.63, 3.8) is 0 Å². The van der Waals surface area contributed by atoms with E-state index >= 15 is 0 Å². The number of furan rings is 1. The molecule has 0 fully saturated rings. The van der Waals surface area contributed by atoms with E-state index in [2.05, 4.69) is 20.5 Å². The number of nitrogens with one attached hydrogen (secondary N) is 1. The molecule has 0 atom stereocenters. The molecule has 1 aromatic rings. The smallest absolute Gasteiger partial charge is 0.235 e. The van der Waals surface area contributed by atoms with Gasteiger partial charge < -0.3 is 9.15 Å². The summed E-state index contributed by atoms with van der Waals surface area (Å²) in [7, 11) is 1.67. The molecule has 108 valence electrons. The summed E-state index contributed by atoms with van der Waals surface area (Å²) in [6.07, 6.45) is 5.02. The molecule has 0 spiro atoms. The Morgan fingerprint density at radius 3 is 3.10 bits per heavy atom. The summed E-state index contributed by atoms with van der Waals surface area (Å²) in [5.74, 6) is 1.90. The van der Waals surface area contributed by atoms with Gasteiger partial charge in [0.1, 0.15) is 18.4 Å². The third-order valence-corrected chi connectivity index (χ3v) is 3.20. The Labute approximate surface area is 120 Å². The molecule has 1 aromatic heterocycles. The Morgan fingerprint density at radius 1 is 1.33 bits per heavy atom. The van der Waals surface area contributed by atoms with Gasteiger partial charge in [0.05, 0.1) is 19.4 Å². The number of methoxy groups -OCH3 is 1. The number of nitrogens with zero attached hydrogens (tertiary/aromatic N) is 6. The van der Waals surface area contributed by atoms with Crippen LogP contribution in [0.25, 0.3) is 0 Å². The second-order valence-corrected chi connectivity index (χ2v) is 4.49. The highest BCUT2D eigenvalue weighted by Gasteiger charge is 2.34. The number of hydrogen-bond donors (Lipinski definition) is 1. The maximum absolute atomic E-state index is 5.31. The van der Waals surface area contributed by atoms with Crippen LogP contribution in [-0.4, -0.2) is 48.8 Å². The minimum Gasteiger partial charge on any atom is -0.446 e. The standard InChI is InChI=1S/C12H13N7O2/c1-20-6-4-17-7-14-12-10-11(13-8-18(12)17)16-19(15-10)9-3-2-5-21-9/h2-3,5,7-8,15H,4,6H2,1H3. The first-order chi connectivity index (χ1) is 10.4. The second kappa shape index (κ2) is 4.63. The fraction of sp³-hybridized carbons (Fsp3) is 0.250. The molecule has 3 aliphatic heterocycles. The summed E-state index contributed by atoms with van der Waals surface area (Å²) in [4.78, 5) is 8.75. The van der Waals surface area contributed by atoms with Crippen molar-refractivity contribution in [3.8, 4) is 0 Å². The SMILES string of the molecule is COCCN1C=NC2=C3NN(c4ccco4)N=C3N=CN21. The minimum absolute atomic E-state index is 0.573. The molecule has 3 aliphatic rings. The van der Waals surface area contributed by atoms with E-state index < -0.39 is 0 Å². The number of hydrazone groups is 1. The number of fused-ring (bicyclic) bond motifs is 2. The average molecular weight is 287 g/mol. The van der Waals surface area contributed by atoms with Gasteiger partial charge in [-0.2, -0.15) is 0 Å². The highest BCUT2D eigenvalue weighted by Crippen LogP contribution is 2.27. The van der Waals surface area contributed by atoms with Gasteiger partial charge in [0.2, 0.25) is 11.7 Å². The Hall–Kier alpha value is -2.81. The quantitative estimate of drug-likeness (QED) is 0.860. The highest BCUT2D eigenvalue weighted by atomic mass is 16.5. The number of rotatable bonds is 4. The zero-order chi connectivity index (χ0) is 14.2. The zero-order valence-electron chi connectivity index (χ0n) is 11.3. The number of hydrogen-bond acceptors (Lipinski definition) is 9. The molecular weight excluding hydrogens is 274 g/mol. The van der Waals surface area contributed by atoms with Crippen LogP contribution < -0.4 is 10.5 Å². The Balaban J connectivity index is 1.60. The summed E-state index contributed by atoms with van der Waals surface area (Å²) >= 11 is 0. The Morgan fingerprint density at radius 2 is 2.29 bits per heavy atom. The summed E-state index contributed by atoms with van der Waals surface area (Å²) in [6, 6.07) is 3.61. The van der Waals surface area contributed by atoms with Gasteiger partial charge in [-0.1, -0.05) is 0 Å². The van der Waals surface area contributed by atoms with Gasteiger partial charge in [-0.3, -0.25) is 10.4 Å². The fourth-order valence-corrected chi connectivity index (χ4v) is 2.18. The van der Waals surface area contributed by atoms with Gasteiger partial charge in [-0.05, 0) is 6.07 Å². The first-order valence-corrected chi connectivity index (χ1v) is 6.43. The van der Waals surface area contributed by atoms with Crippen molar-refractivity contribution in [2.75, 3.05) is 25.4 Å². The zero-order valence-corrected chi connectivity index (χ0v) is 11.3. The second-order valence-electron chi connectivity index (χ2n) is 4.49. The first kappa shape index (κ1) is 12.0. The van der Waals surface area contributed by atoms with Crippen LogP contribution in [0.5, 0.6) is 0 Å². The van der Waals surface area contributed by atoms with Gasteiger partial charge in [0, 0.05) is 13.2 Å². The van der Waals surface area contributed by atoms with Crippen LogP contribution in [0.4, 0.5) is 5.88 Å². The molecule has 9 nitrogen and oxygen atoms in total. The van der Waals surface area contributed by atoms with Gasteiger partial charge in [0.15, 0.2) is 5.82 Å². The summed E-state index contributed by atoms with van der Waals surface area (Å²) in [5, 5.41) is 9.65. The van der Waals surface area contributed by atoms with E-state index in [-0.39, 0.29) is 0 Å². The predicted octanol–water partition coefficient (Wildman–Crippen LogP) is 0.336. The van der Waals surface area contributed by atoms with Gasteiger partial charge in [-0.15, -0.1) is 10.2 Å². The fourth-order valence-electron chi connectivity index (χ4n) is 2.18. The van der Waals surface area contributed by atoms with Crippen molar-refractivity contribution in [1.29, 1.82) is 0 Å². The molecule has 4 heterocycles. The molecular formula is C12H13N7O2. The van der Waals surface area contributed by atoms with E-state index in [9.17, 15) is 0 Å². The number of ether oxygens (including phenoxy) is 1. The van der Waals surface area contributed by atoms with Gasteiger partial charge in [0.25, 0.3) is 0 Å². The molecule has 0 aliphatic carbocycles. The van der Waals surface area contributed by atoms with Crippen LogP contribution in [0.2, 0.25) is 0 Å². The third-order valence-electron chi connectivity index (χ3n) is 3.20. The highest BCUT2D eigenvalue weighted by molar-refractivity contribution is 6.07. The van der Waals surface area contributed by atoms with Crippen molar-refractivity contribution in [3.05, 3.63) is 29.9 Å². The number of amidine groups is 1. The topological polar surface area (TPSA) is 81.2 Å². The van der Waals surface area contributed by atoms with Gasteiger partial charge in [-0.25, -0.2) is 15.0 Å². The Bertz CT molecular complexity index is 661. The minimum atomic E-state index is 0.573. The maximum atomic E-state index is 5.31. The molecule has 0 radical (unpaired) electrons. The lowest BCUT2D eigenvalue weighted by Crippen LogP contribution is -2.41. The van der Waals surface area contributed by atoms with Crippen LogP contribution in [-0.2, 0) is 4.74 Å². The monoisotopic (exact) mass is 287 g/mol. The molecule has 0 unspecified atom stereocenters. The number of aliphatic imine (C=N–C) groups is 2. The lowest BCUT2D eigenvalue weighted by Gasteiger charge is -2.27. The molecule has 0 saturated heterocycles. The van der Waals surface area contributed by atoms with E-state index in [0.29, 0.717) is 24.9 Å². The summed E-state index contributed by atoms with van der Waals surface area (Å²) < 4.78 is 10.4. The number of hydrazine groups is 2. The van der Waals surface area contributed by atoms with Crippen LogP contribution in [0, 0.1) is 0 Å². The van der Waals surface area contributed by atoms with Crippen molar-refractivity contribution in [2.45, 2.75) is 0 Å². The van der Waals surface area contributed by atoms with E-state index in [0.717, 1.165) is 11.5 Å². The molecule has 4 rings (SSSR count). The lowest BCUT2D eigenvalue weighted by atomic mass is 10.4. The number of anilines is 1. The normalized spacial score (nSPS) is 19.1. The van der Waals surface area contributed by atoms with Crippen LogP contribution in [0.3, 0.4) is 0 Å². The summed E-state index contributed by atoms with van der Waals surface area (Å²) in [5.41, 5.74) is 3.87. The summed E-state index contributed by atoms with van der Waals surface area (Å²) in [6.45, 7) is 1.29. The van der Waals surface area contributed by atoms with Crippen LogP contribution in [0.1, 0.15) is 0 Å². The van der Waals surface area contributed by atoms with Crippen LogP contribution in [0.15, 0.2) is 49.4 Å². The predicted molar refractivity (Wildman–Crippen MR) is 76.2 cm³/mol. The van der Waals surface area contributed by atoms with Crippen molar-refractivity contribution >= 4 is 24.4 Å². The molecule has 21 heavy (non-hydrogen) atoms. The largest absolute Gasteiger partial charge is 0.446 e. The van der Waals surface area contributed by atoms with E-state index in [1.54, 1.807) is 32.1 Å². The molecule has 1 N–H and O–H groups in total. The van der Waals surface area contributed by atoms with E-state index in [4.69, 9.17) is 9.15 Å². The molecule has 0 aromatic carbocycles. The third kappa shape index (κ3) is 1.86. The molecule has 0 saturated carbocycles. The van der Waals surface area contributed by atoms with E-state index in [1.807, 2.05) is 16.1 Å². The van der Waals surface area contributed by atoms with Crippen LogP contribution >= 0.6 is 0 Å². The maximum Gasteiger partial charge on any atom is 0.235 e. The van der Waals surface area contributed by atoms with Crippen molar-refractivity contribution < 1.29 is 9.15 Å². The van der Waals surface area contributed by atoms with Gasteiger partial charge >= 0.3 is 0 Å². The molecule has 9 heteroatoms. The molecule has 0 amide bonds.